The summed E-state index contributed by atoms with van der Waals surface area (Å²) in [6.45, 7) is 2.61. The summed E-state index contributed by atoms with van der Waals surface area (Å²) < 4.78 is 61.3. The minimum absolute atomic E-state index is 0.000913. The molecule has 0 unspecified atom stereocenters. The van der Waals surface area contributed by atoms with Crippen molar-refractivity contribution in [3.63, 3.8) is 0 Å². The van der Waals surface area contributed by atoms with Crippen LogP contribution >= 0.6 is 11.6 Å². The van der Waals surface area contributed by atoms with Gasteiger partial charge in [0, 0.05) is 48.7 Å². The van der Waals surface area contributed by atoms with Crippen LogP contribution in [-0.4, -0.2) is 68.1 Å². The first-order valence-corrected chi connectivity index (χ1v) is 12.8. The third kappa shape index (κ3) is 4.04. The first-order valence-electron chi connectivity index (χ1n) is 12.5. The summed E-state index contributed by atoms with van der Waals surface area (Å²) in [4.78, 5) is 11.6. The molecule has 0 atom stereocenters. The Kier molecular flexibility index (Phi) is 5.31. The molecule has 38 heavy (non-hydrogen) atoms. The number of anilines is 1. The van der Waals surface area contributed by atoms with Crippen molar-refractivity contribution in [3.8, 4) is 5.69 Å². The molecule has 1 aromatic carbocycles. The van der Waals surface area contributed by atoms with Gasteiger partial charge >= 0.3 is 6.18 Å². The lowest BCUT2D eigenvalue weighted by Crippen LogP contribution is -2.62. The van der Waals surface area contributed by atoms with E-state index >= 15 is 0 Å². The molecule has 3 fully saturated rings. The van der Waals surface area contributed by atoms with E-state index in [-0.39, 0.29) is 37.0 Å². The van der Waals surface area contributed by atoms with E-state index in [4.69, 9.17) is 16.3 Å². The van der Waals surface area contributed by atoms with Gasteiger partial charge in [-0.3, -0.25) is 9.47 Å². The van der Waals surface area contributed by atoms with Crippen LogP contribution in [-0.2, 0) is 24.0 Å². The van der Waals surface area contributed by atoms with E-state index in [0.29, 0.717) is 31.2 Å². The number of nitrogens with zero attached hydrogens (tertiary/aromatic N) is 7. The zero-order valence-electron chi connectivity index (χ0n) is 20.3. The SMILES string of the molecule is FC1(CN2Cc3cc(Cl)ccc3-n3c(nnc3C3CC4(C3)CN(c3nccc(C(F)(F)F)n3)C4)C2)COC1. The number of hydrogen-bond acceptors (Lipinski definition) is 7. The minimum Gasteiger partial charge on any atom is -0.375 e. The molecule has 1 saturated carbocycles. The van der Waals surface area contributed by atoms with Crippen LogP contribution in [0.25, 0.3) is 5.69 Å². The van der Waals surface area contributed by atoms with Gasteiger partial charge in [0.05, 0.1) is 25.4 Å². The second kappa shape index (κ2) is 8.33. The Hall–Kier alpha value is -2.83. The quantitative estimate of drug-likeness (QED) is 0.452. The summed E-state index contributed by atoms with van der Waals surface area (Å²) in [5, 5.41) is 9.67. The summed E-state index contributed by atoms with van der Waals surface area (Å²) in [5.74, 6) is 1.87. The Morgan fingerprint density at radius 1 is 1.08 bits per heavy atom. The van der Waals surface area contributed by atoms with E-state index in [1.54, 1.807) is 4.90 Å². The number of ether oxygens (including phenoxy) is 1. The Morgan fingerprint density at radius 3 is 2.58 bits per heavy atom. The molecule has 0 bridgehead atoms. The maximum Gasteiger partial charge on any atom is 0.433 e. The molecule has 4 aliphatic rings. The maximum atomic E-state index is 14.9. The highest BCUT2D eigenvalue weighted by atomic mass is 35.5. The molecule has 2 aromatic heterocycles. The molecule has 1 spiro atoms. The highest BCUT2D eigenvalue weighted by Crippen LogP contribution is 2.56. The van der Waals surface area contributed by atoms with Gasteiger partial charge in [0.15, 0.2) is 11.5 Å². The summed E-state index contributed by atoms with van der Waals surface area (Å²) in [6.07, 6.45) is -1.66. The number of hydrogen-bond donors (Lipinski definition) is 0. The molecule has 200 valence electrons. The maximum absolute atomic E-state index is 14.9. The lowest BCUT2D eigenvalue weighted by Gasteiger charge is -2.58. The Bertz CT molecular complexity index is 1390. The summed E-state index contributed by atoms with van der Waals surface area (Å²) in [5.41, 5.74) is -0.377. The van der Waals surface area contributed by atoms with Gasteiger partial charge in [-0.2, -0.15) is 13.2 Å². The fraction of sp³-hybridized carbons (Fsp3) is 0.520. The van der Waals surface area contributed by atoms with Gasteiger partial charge in [0.25, 0.3) is 0 Å². The van der Waals surface area contributed by atoms with Gasteiger partial charge in [0.2, 0.25) is 5.95 Å². The van der Waals surface area contributed by atoms with Crippen LogP contribution in [0.4, 0.5) is 23.5 Å². The third-order valence-electron chi connectivity index (χ3n) is 8.02. The van der Waals surface area contributed by atoms with Crippen LogP contribution in [0.3, 0.4) is 0 Å². The zero-order chi connectivity index (χ0) is 26.3. The van der Waals surface area contributed by atoms with Crippen LogP contribution in [0.2, 0.25) is 5.02 Å². The second-order valence-corrected chi connectivity index (χ2v) is 11.5. The molecule has 3 aliphatic heterocycles. The van der Waals surface area contributed by atoms with Crippen molar-refractivity contribution in [2.75, 3.05) is 37.7 Å². The zero-order valence-corrected chi connectivity index (χ0v) is 21.0. The molecule has 5 heterocycles. The summed E-state index contributed by atoms with van der Waals surface area (Å²) >= 11 is 6.32. The lowest BCUT2D eigenvalue weighted by atomic mass is 9.57. The van der Waals surface area contributed by atoms with Gasteiger partial charge in [-0.1, -0.05) is 11.6 Å². The molecule has 3 aromatic rings. The predicted octanol–water partition coefficient (Wildman–Crippen LogP) is 4.17. The second-order valence-electron chi connectivity index (χ2n) is 11.1. The molecular formula is C25H24ClF4N7O. The fourth-order valence-corrected chi connectivity index (χ4v) is 6.47. The number of fused-ring (bicyclic) bond motifs is 3. The topological polar surface area (TPSA) is 72.2 Å². The first-order chi connectivity index (χ1) is 18.1. The summed E-state index contributed by atoms with van der Waals surface area (Å²) in [6, 6.07) is 6.59. The van der Waals surface area contributed by atoms with Crippen molar-refractivity contribution < 1.29 is 22.3 Å². The molecule has 0 amide bonds. The van der Waals surface area contributed by atoms with Crippen LogP contribution in [0.15, 0.2) is 30.5 Å². The normalized spacial score (nSPS) is 22.2. The van der Waals surface area contributed by atoms with Crippen molar-refractivity contribution in [1.82, 2.24) is 29.6 Å². The Labute approximate surface area is 220 Å². The predicted molar refractivity (Wildman–Crippen MR) is 129 cm³/mol. The highest BCUT2D eigenvalue weighted by Gasteiger charge is 2.55. The molecule has 0 N–H and O–H groups in total. The summed E-state index contributed by atoms with van der Waals surface area (Å²) in [7, 11) is 0. The number of aromatic nitrogens is 5. The molecule has 0 radical (unpaired) electrons. The van der Waals surface area contributed by atoms with Crippen LogP contribution in [0.1, 0.15) is 41.7 Å². The third-order valence-corrected chi connectivity index (χ3v) is 8.25. The van der Waals surface area contributed by atoms with Crippen LogP contribution in [0, 0.1) is 5.41 Å². The van der Waals surface area contributed by atoms with Gasteiger partial charge in [-0.25, -0.2) is 14.4 Å². The van der Waals surface area contributed by atoms with E-state index < -0.39 is 17.5 Å². The van der Waals surface area contributed by atoms with E-state index in [2.05, 4.69) is 24.7 Å². The first kappa shape index (κ1) is 24.2. The average molecular weight is 550 g/mol. The number of benzene rings is 1. The molecule has 2 saturated heterocycles. The number of alkyl halides is 4. The van der Waals surface area contributed by atoms with Crippen LogP contribution in [0.5, 0.6) is 0 Å². The highest BCUT2D eigenvalue weighted by molar-refractivity contribution is 6.30. The van der Waals surface area contributed by atoms with Crippen molar-refractivity contribution in [1.29, 1.82) is 0 Å². The van der Waals surface area contributed by atoms with Gasteiger partial charge in [-0.05, 0) is 42.7 Å². The monoisotopic (exact) mass is 549 g/mol. The van der Waals surface area contributed by atoms with E-state index in [9.17, 15) is 17.6 Å². The van der Waals surface area contributed by atoms with E-state index in [1.165, 1.54) is 0 Å². The molecule has 7 rings (SSSR count). The van der Waals surface area contributed by atoms with Gasteiger partial charge in [0.1, 0.15) is 11.5 Å². The lowest BCUT2D eigenvalue weighted by molar-refractivity contribution is -0.142. The van der Waals surface area contributed by atoms with Crippen molar-refractivity contribution in [2.45, 2.75) is 43.7 Å². The van der Waals surface area contributed by atoms with Crippen LogP contribution < -0.4 is 4.90 Å². The van der Waals surface area contributed by atoms with Gasteiger partial charge < -0.3 is 9.64 Å². The van der Waals surface area contributed by atoms with Crippen molar-refractivity contribution >= 4 is 17.5 Å². The average Bonchev–Trinajstić information content (AvgIpc) is 3.12. The Morgan fingerprint density at radius 2 is 1.87 bits per heavy atom. The molecule has 1 aliphatic carbocycles. The standard InChI is InChI=1S/C25H24ClF4N7O/c26-17-1-2-18-15(5-17)8-35(12-24(27)13-38-14-24)9-20-33-34-21(37(18)20)16-6-23(7-16)10-36(11-23)22-31-4-3-19(32-22)25(28,29)30/h1-5,16H,6-14H2. The molecule has 8 nitrogen and oxygen atoms in total. The van der Waals surface area contributed by atoms with Crippen molar-refractivity contribution in [3.05, 3.63) is 58.4 Å². The fourth-order valence-electron chi connectivity index (χ4n) is 6.27. The molecule has 13 heteroatoms. The van der Waals surface area contributed by atoms with Gasteiger partial charge in [-0.15, -0.1) is 10.2 Å². The molecular weight excluding hydrogens is 526 g/mol. The van der Waals surface area contributed by atoms with Crippen molar-refractivity contribution in [2.24, 2.45) is 5.41 Å². The van der Waals surface area contributed by atoms with E-state index in [0.717, 1.165) is 48.0 Å². The minimum atomic E-state index is -4.50. The number of halogens is 5. The number of rotatable bonds is 4. The smallest absolute Gasteiger partial charge is 0.375 e. The van der Waals surface area contributed by atoms with E-state index in [1.807, 2.05) is 23.1 Å². The Balaban J connectivity index is 1.10. The largest absolute Gasteiger partial charge is 0.433 e.